The molecular weight excluding hydrogens is 212 g/mol. The van der Waals surface area contributed by atoms with Crippen LogP contribution in [-0.4, -0.2) is 21.3 Å². The van der Waals surface area contributed by atoms with Crippen LogP contribution in [0.5, 0.6) is 0 Å². The zero-order valence-electron chi connectivity index (χ0n) is 9.93. The zero-order valence-corrected chi connectivity index (χ0v) is 9.93. The Kier molecular flexibility index (Phi) is 2.55. The first-order valence-corrected chi connectivity index (χ1v) is 6.06. The van der Waals surface area contributed by atoms with E-state index in [9.17, 15) is 0 Å². The van der Waals surface area contributed by atoms with Gasteiger partial charge in [0.2, 0.25) is 0 Å². The standard InChI is InChI=1S/C13H16N4/c1-10(11-4-2-5-14-9-11)12-8-13-15-6-3-7-17(13)16-12/h2,4-5,8-10,15H,3,6-7H2,1H3. The van der Waals surface area contributed by atoms with E-state index in [0.717, 1.165) is 31.0 Å². The molecule has 0 aromatic carbocycles. The third kappa shape index (κ3) is 1.90. The van der Waals surface area contributed by atoms with E-state index < -0.39 is 0 Å². The Hall–Kier alpha value is -1.84. The van der Waals surface area contributed by atoms with Crippen LogP contribution >= 0.6 is 0 Å². The maximum Gasteiger partial charge on any atom is 0.124 e. The molecule has 3 rings (SSSR count). The van der Waals surface area contributed by atoms with Crippen molar-refractivity contribution in [2.24, 2.45) is 0 Å². The molecule has 0 fully saturated rings. The number of nitrogens with zero attached hydrogens (tertiary/aromatic N) is 3. The van der Waals surface area contributed by atoms with E-state index in [-0.39, 0.29) is 0 Å². The van der Waals surface area contributed by atoms with E-state index in [0.29, 0.717) is 5.92 Å². The van der Waals surface area contributed by atoms with E-state index in [1.54, 1.807) is 6.20 Å². The molecule has 17 heavy (non-hydrogen) atoms. The Morgan fingerprint density at radius 3 is 3.18 bits per heavy atom. The summed E-state index contributed by atoms with van der Waals surface area (Å²) >= 11 is 0. The highest BCUT2D eigenvalue weighted by molar-refractivity contribution is 5.41. The number of pyridine rings is 1. The average Bonchev–Trinajstić information content (AvgIpc) is 2.82. The highest BCUT2D eigenvalue weighted by atomic mass is 15.3. The van der Waals surface area contributed by atoms with Gasteiger partial charge in [-0.3, -0.25) is 4.98 Å². The Bertz CT molecular complexity index is 480. The highest BCUT2D eigenvalue weighted by Gasteiger charge is 2.16. The van der Waals surface area contributed by atoms with Crippen LogP contribution in [0.3, 0.4) is 0 Å². The quantitative estimate of drug-likeness (QED) is 0.857. The minimum absolute atomic E-state index is 0.295. The number of aromatic nitrogens is 3. The molecule has 1 N–H and O–H groups in total. The molecule has 0 saturated heterocycles. The molecule has 3 heterocycles. The van der Waals surface area contributed by atoms with Crippen molar-refractivity contribution >= 4 is 5.82 Å². The minimum atomic E-state index is 0.295. The molecule has 0 amide bonds. The van der Waals surface area contributed by atoms with E-state index in [1.807, 2.05) is 12.3 Å². The van der Waals surface area contributed by atoms with Crippen LogP contribution in [0.15, 0.2) is 30.6 Å². The zero-order chi connectivity index (χ0) is 11.7. The first-order chi connectivity index (χ1) is 8.34. The lowest BCUT2D eigenvalue weighted by molar-refractivity contribution is 0.559. The second kappa shape index (κ2) is 4.20. The molecule has 0 radical (unpaired) electrons. The largest absolute Gasteiger partial charge is 0.370 e. The van der Waals surface area contributed by atoms with Gasteiger partial charge in [-0.2, -0.15) is 5.10 Å². The summed E-state index contributed by atoms with van der Waals surface area (Å²) in [5.74, 6) is 1.44. The molecule has 88 valence electrons. The Morgan fingerprint density at radius 1 is 1.47 bits per heavy atom. The number of rotatable bonds is 2. The van der Waals surface area contributed by atoms with Crippen LogP contribution in [0.4, 0.5) is 5.82 Å². The predicted octanol–water partition coefficient (Wildman–Crippen LogP) is 2.25. The number of hydrogen-bond donors (Lipinski definition) is 1. The topological polar surface area (TPSA) is 42.7 Å². The smallest absolute Gasteiger partial charge is 0.124 e. The lowest BCUT2D eigenvalue weighted by Gasteiger charge is -2.14. The maximum absolute atomic E-state index is 4.65. The fourth-order valence-electron chi connectivity index (χ4n) is 2.21. The molecule has 1 atom stereocenters. The van der Waals surface area contributed by atoms with Crippen molar-refractivity contribution in [3.63, 3.8) is 0 Å². The summed E-state index contributed by atoms with van der Waals surface area (Å²) in [6, 6.07) is 6.22. The molecule has 0 aliphatic carbocycles. The van der Waals surface area contributed by atoms with Crippen molar-refractivity contribution in [3.8, 4) is 0 Å². The number of aryl methyl sites for hydroxylation is 1. The lowest BCUT2D eigenvalue weighted by Crippen LogP contribution is -2.17. The Labute approximate surface area is 101 Å². The van der Waals surface area contributed by atoms with Gasteiger partial charge in [0.25, 0.3) is 0 Å². The molecule has 2 aromatic rings. The summed E-state index contributed by atoms with van der Waals surface area (Å²) in [5.41, 5.74) is 2.32. The maximum atomic E-state index is 4.65. The van der Waals surface area contributed by atoms with Gasteiger partial charge < -0.3 is 5.32 Å². The highest BCUT2D eigenvalue weighted by Crippen LogP contribution is 2.25. The Morgan fingerprint density at radius 2 is 2.41 bits per heavy atom. The molecule has 4 heteroatoms. The van der Waals surface area contributed by atoms with Crippen LogP contribution in [0.2, 0.25) is 0 Å². The first kappa shape index (κ1) is 10.3. The van der Waals surface area contributed by atoms with Crippen molar-refractivity contribution in [2.45, 2.75) is 25.8 Å². The molecular formula is C13H16N4. The number of anilines is 1. The van der Waals surface area contributed by atoms with Crippen molar-refractivity contribution in [1.82, 2.24) is 14.8 Å². The van der Waals surface area contributed by atoms with Crippen LogP contribution < -0.4 is 5.32 Å². The van der Waals surface area contributed by atoms with Crippen LogP contribution in [0, 0.1) is 0 Å². The number of fused-ring (bicyclic) bond motifs is 1. The third-order valence-corrected chi connectivity index (χ3v) is 3.28. The predicted molar refractivity (Wildman–Crippen MR) is 67.1 cm³/mol. The molecule has 4 nitrogen and oxygen atoms in total. The molecule has 1 aliphatic heterocycles. The molecule has 0 spiro atoms. The van der Waals surface area contributed by atoms with Crippen molar-refractivity contribution in [3.05, 3.63) is 41.9 Å². The first-order valence-electron chi connectivity index (χ1n) is 6.06. The number of hydrogen-bond acceptors (Lipinski definition) is 3. The molecule has 1 unspecified atom stereocenters. The monoisotopic (exact) mass is 228 g/mol. The van der Waals surface area contributed by atoms with Crippen LogP contribution in [0.25, 0.3) is 0 Å². The summed E-state index contributed by atoms with van der Waals surface area (Å²) in [4.78, 5) is 4.16. The van der Waals surface area contributed by atoms with Crippen molar-refractivity contribution < 1.29 is 0 Å². The van der Waals surface area contributed by atoms with Gasteiger partial charge in [-0.05, 0) is 18.1 Å². The second-order valence-electron chi connectivity index (χ2n) is 4.47. The number of nitrogens with one attached hydrogen (secondary N) is 1. The van der Waals surface area contributed by atoms with Crippen LogP contribution in [0.1, 0.15) is 30.5 Å². The van der Waals surface area contributed by atoms with Gasteiger partial charge in [0.1, 0.15) is 5.82 Å². The lowest BCUT2D eigenvalue weighted by atomic mass is 10.00. The summed E-state index contributed by atoms with van der Waals surface area (Å²) in [7, 11) is 0. The van der Waals surface area contributed by atoms with Gasteiger partial charge in [0.15, 0.2) is 0 Å². The summed E-state index contributed by atoms with van der Waals surface area (Å²) < 4.78 is 2.06. The van der Waals surface area contributed by atoms with E-state index in [4.69, 9.17) is 0 Å². The van der Waals surface area contributed by atoms with Gasteiger partial charge in [0.05, 0.1) is 5.69 Å². The van der Waals surface area contributed by atoms with Crippen molar-refractivity contribution in [1.29, 1.82) is 0 Å². The van der Waals surface area contributed by atoms with Gasteiger partial charge in [-0.15, -0.1) is 0 Å². The van der Waals surface area contributed by atoms with E-state index in [2.05, 4.69) is 39.1 Å². The average molecular weight is 228 g/mol. The van der Waals surface area contributed by atoms with E-state index >= 15 is 0 Å². The SMILES string of the molecule is CC(c1cccnc1)c1cc2n(n1)CCCN2. The molecule has 2 aromatic heterocycles. The van der Waals surface area contributed by atoms with Gasteiger partial charge >= 0.3 is 0 Å². The van der Waals surface area contributed by atoms with Crippen molar-refractivity contribution in [2.75, 3.05) is 11.9 Å². The second-order valence-corrected chi connectivity index (χ2v) is 4.47. The molecule has 0 bridgehead atoms. The fourth-order valence-corrected chi connectivity index (χ4v) is 2.21. The summed E-state index contributed by atoms with van der Waals surface area (Å²) in [6.07, 6.45) is 4.86. The normalized spacial score (nSPS) is 16.1. The Balaban J connectivity index is 1.91. The van der Waals surface area contributed by atoms with Crippen LogP contribution in [-0.2, 0) is 6.54 Å². The third-order valence-electron chi connectivity index (χ3n) is 3.28. The molecule has 1 aliphatic rings. The van der Waals surface area contributed by atoms with E-state index in [1.165, 1.54) is 5.56 Å². The minimum Gasteiger partial charge on any atom is -0.370 e. The van der Waals surface area contributed by atoms with Gasteiger partial charge in [-0.25, -0.2) is 4.68 Å². The van der Waals surface area contributed by atoms with Gasteiger partial charge in [0, 0.05) is 37.5 Å². The fraction of sp³-hybridized carbons (Fsp3) is 0.385. The van der Waals surface area contributed by atoms with Gasteiger partial charge in [-0.1, -0.05) is 13.0 Å². The summed E-state index contributed by atoms with van der Waals surface area (Å²) in [5, 5.41) is 8.03. The molecule has 0 saturated carbocycles. The summed E-state index contributed by atoms with van der Waals surface area (Å²) in [6.45, 7) is 4.24.